The lowest BCUT2D eigenvalue weighted by atomic mass is 10.1. The third-order valence-electron chi connectivity index (χ3n) is 4.17. The summed E-state index contributed by atoms with van der Waals surface area (Å²) in [6.45, 7) is 1.83. The van der Waals surface area contributed by atoms with Crippen LogP contribution in [0.25, 0.3) is 0 Å². The molecule has 0 saturated heterocycles. The van der Waals surface area contributed by atoms with Crippen LogP contribution >= 0.6 is 24.0 Å². The van der Waals surface area contributed by atoms with E-state index < -0.39 is 0 Å². The molecule has 0 amide bonds. The summed E-state index contributed by atoms with van der Waals surface area (Å²) in [5.41, 5.74) is 3.99. The Bertz CT molecular complexity index is 644. The minimum absolute atomic E-state index is 0. The zero-order valence-electron chi connectivity index (χ0n) is 13.6. The Morgan fingerprint density at radius 3 is 2.61 bits per heavy atom. The van der Waals surface area contributed by atoms with E-state index in [0.29, 0.717) is 0 Å². The highest BCUT2D eigenvalue weighted by Gasteiger charge is 2.23. The first-order chi connectivity index (χ1) is 10.7. The number of pyridine rings is 1. The Labute approximate surface area is 149 Å². The van der Waals surface area contributed by atoms with Gasteiger partial charge in [-0.1, -0.05) is 23.7 Å². The van der Waals surface area contributed by atoms with E-state index in [1.165, 1.54) is 17.5 Å². The van der Waals surface area contributed by atoms with E-state index in [1.807, 2.05) is 24.4 Å². The average Bonchev–Trinajstić information content (AvgIpc) is 2.98. The van der Waals surface area contributed by atoms with Gasteiger partial charge in [-0.05, 0) is 62.7 Å². The van der Waals surface area contributed by atoms with Crippen LogP contribution in [0, 0.1) is 0 Å². The monoisotopic (exact) mass is 351 g/mol. The lowest BCUT2D eigenvalue weighted by Crippen LogP contribution is -2.29. The van der Waals surface area contributed by atoms with Gasteiger partial charge in [0.25, 0.3) is 0 Å². The van der Waals surface area contributed by atoms with E-state index in [2.05, 4.69) is 41.0 Å². The fourth-order valence-electron chi connectivity index (χ4n) is 3.06. The van der Waals surface area contributed by atoms with Crippen molar-refractivity contribution in [1.82, 2.24) is 9.88 Å². The summed E-state index contributed by atoms with van der Waals surface area (Å²) in [5.74, 6) is 0.964. The van der Waals surface area contributed by atoms with Crippen molar-refractivity contribution >= 4 is 35.5 Å². The summed E-state index contributed by atoms with van der Waals surface area (Å²) in [6, 6.07) is 10.2. The van der Waals surface area contributed by atoms with E-state index in [0.717, 1.165) is 42.5 Å². The van der Waals surface area contributed by atoms with Crippen LogP contribution in [0.5, 0.6) is 0 Å². The van der Waals surface area contributed by atoms with E-state index in [4.69, 9.17) is 11.6 Å². The van der Waals surface area contributed by atoms with Gasteiger partial charge in [0.05, 0.1) is 10.7 Å². The second-order valence-corrected chi connectivity index (χ2v) is 6.44. The smallest absolute Gasteiger partial charge is 0.132 e. The summed E-state index contributed by atoms with van der Waals surface area (Å²) in [4.78, 5) is 9.01. The van der Waals surface area contributed by atoms with Crippen LogP contribution in [-0.2, 0) is 12.8 Å². The second-order valence-electron chi connectivity index (χ2n) is 6.03. The first-order valence-electron chi connectivity index (χ1n) is 7.80. The molecule has 0 bridgehead atoms. The number of benzene rings is 1. The van der Waals surface area contributed by atoms with Gasteiger partial charge in [-0.15, -0.1) is 12.4 Å². The van der Waals surface area contributed by atoms with Crippen molar-refractivity contribution in [3.8, 4) is 0 Å². The molecule has 0 fully saturated rings. The molecule has 0 aliphatic heterocycles. The number of aryl methyl sites for hydroxylation is 1. The molecule has 124 valence electrons. The highest BCUT2D eigenvalue weighted by atomic mass is 35.5. The van der Waals surface area contributed by atoms with Crippen LogP contribution in [0.3, 0.4) is 0 Å². The van der Waals surface area contributed by atoms with Gasteiger partial charge >= 0.3 is 0 Å². The molecule has 0 saturated carbocycles. The molecule has 3 nitrogen and oxygen atoms in total. The summed E-state index contributed by atoms with van der Waals surface area (Å²) < 4.78 is 0. The molecule has 2 aromatic rings. The maximum atomic E-state index is 6.58. The minimum atomic E-state index is 0. The van der Waals surface area contributed by atoms with Crippen LogP contribution in [0.15, 0.2) is 36.5 Å². The van der Waals surface area contributed by atoms with E-state index >= 15 is 0 Å². The molecule has 0 atom stereocenters. The molecule has 1 heterocycles. The Morgan fingerprint density at radius 1 is 1.09 bits per heavy atom. The lowest BCUT2D eigenvalue weighted by Gasteiger charge is -2.28. The molecule has 5 heteroatoms. The Balaban J connectivity index is 0.00000192. The SMILES string of the molecule is CN(C)CCN(c1ccccn1)c1c(Cl)ccc2c1CCC2.Cl. The third-order valence-corrected chi connectivity index (χ3v) is 4.47. The first-order valence-corrected chi connectivity index (χ1v) is 8.18. The third kappa shape index (κ3) is 3.97. The van der Waals surface area contributed by atoms with Crippen LogP contribution in [0.1, 0.15) is 17.5 Å². The zero-order valence-corrected chi connectivity index (χ0v) is 15.2. The van der Waals surface area contributed by atoms with Crippen molar-refractivity contribution in [2.75, 3.05) is 32.1 Å². The normalized spacial score (nSPS) is 12.9. The van der Waals surface area contributed by atoms with Gasteiger partial charge < -0.3 is 9.80 Å². The first kappa shape index (κ1) is 18.1. The molecule has 0 unspecified atom stereocenters. The highest BCUT2D eigenvalue weighted by Crippen LogP contribution is 2.39. The molecule has 0 N–H and O–H groups in total. The van der Waals surface area contributed by atoms with Crippen molar-refractivity contribution in [2.24, 2.45) is 0 Å². The maximum absolute atomic E-state index is 6.58. The van der Waals surface area contributed by atoms with Gasteiger partial charge in [-0.2, -0.15) is 0 Å². The summed E-state index contributed by atoms with van der Waals surface area (Å²) in [5, 5.41) is 0.824. The molecule has 0 spiro atoms. The van der Waals surface area contributed by atoms with E-state index in [9.17, 15) is 0 Å². The number of likely N-dealkylation sites (N-methyl/N-ethyl adjacent to an activating group) is 1. The molecule has 1 aliphatic carbocycles. The minimum Gasteiger partial charge on any atom is -0.324 e. The Morgan fingerprint density at radius 2 is 1.91 bits per heavy atom. The van der Waals surface area contributed by atoms with Gasteiger partial charge in [0, 0.05) is 19.3 Å². The standard InChI is InChI=1S/C18H22ClN3.ClH/c1-21(2)12-13-22(17-8-3-4-11-20-17)18-15-7-5-6-14(15)9-10-16(18)19;/h3-4,8-11H,5-7,12-13H2,1-2H3;1H. The average molecular weight is 352 g/mol. The molecule has 23 heavy (non-hydrogen) atoms. The summed E-state index contributed by atoms with van der Waals surface area (Å²) in [6.07, 6.45) is 5.32. The second kappa shape index (κ2) is 8.00. The summed E-state index contributed by atoms with van der Waals surface area (Å²) >= 11 is 6.58. The number of hydrogen-bond acceptors (Lipinski definition) is 3. The number of hydrogen-bond donors (Lipinski definition) is 0. The van der Waals surface area contributed by atoms with Crippen molar-refractivity contribution < 1.29 is 0 Å². The molecular formula is C18H23Cl2N3. The number of aromatic nitrogens is 1. The maximum Gasteiger partial charge on any atom is 0.132 e. The number of nitrogens with zero attached hydrogens (tertiary/aromatic N) is 3. The van der Waals surface area contributed by atoms with Gasteiger partial charge in [0.1, 0.15) is 5.82 Å². The van der Waals surface area contributed by atoms with Crippen LogP contribution in [0.4, 0.5) is 11.5 Å². The molecule has 1 aliphatic rings. The van der Waals surface area contributed by atoms with Crippen molar-refractivity contribution in [2.45, 2.75) is 19.3 Å². The predicted octanol–water partition coefficient (Wildman–Crippen LogP) is 4.35. The quantitative estimate of drug-likeness (QED) is 0.798. The van der Waals surface area contributed by atoms with Gasteiger partial charge in [-0.3, -0.25) is 0 Å². The fourth-order valence-corrected chi connectivity index (χ4v) is 3.34. The fraction of sp³-hybridized carbons (Fsp3) is 0.389. The molecule has 3 rings (SSSR count). The Kier molecular flexibility index (Phi) is 6.28. The topological polar surface area (TPSA) is 19.4 Å². The molecule has 1 aromatic heterocycles. The largest absolute Gasteiger partial charge is 0.324 e. The molecular weight excluding hydrogens is 329 g/mol. The van der Waals surface area contributed by atoms with Gasteiger partial charge in [-0.25, -0.2) is 4.98 Å². The molecule has 1 aromatic carbocycles. The van der Waals surface area contributed by atoms with Crippen molar-refractivity contribution in [3.05, 3.63) is 52.7 Å². The van der Waals surface area contributed by atoms with Crippen LogP contribution in [-0.4, -0.2) is 37.1 Å². The van der Waals surface area contributed by atoms with Crippen molar-refractivity contribution in [1.29, 1.82) is 0 Å². The molecule has 0 radical (unpaired) electrons. The number of fused-ring (bicyclic) bond motifs is 1. The van der Waals surface area contributed by atoms with E-state index in [-0.39, 0.29) is 12.4 Å². The number of anilines is 2. The van der Waals surface area contributed by atoms with Crippen molar-refractivity contribution in [3.63, 3.8) is 0 Å². The van der Waals surface area contributed by atoms with Crippen LogP contribution < -0.4 is 4.90 Å². The number of halogens is 2. The Hall–Kier alpha value is -1.29. The van der Waals surface area contributed by atoms with Crippen LogP contribution in [0.2, 0.25) is 5.02 Å². The highest BCUT2D eigenvalue weighted by molar-refractivity contribution is 6.33. The van der Waals surface area contributed by atoms with Gasteiger partial charge in [0.2, 0.25) is 0 Å². The van der Waals surface area contributed by atoms with Gasteiger partial charge in [0.15, 0.2) is 0 Å². The summed E-state index contributed by atoms with van der Waals surface area (Å²) in [7, 11) is 4.18. The predicted molar refractivity (Wildman–Crippen MR) is 101 cm³/mol. The zero-order chi connectivity index (χ0) is 15.5. The number of rotatable bonds is 5. The van der Waals surface area contributed by atoms with E-state index in [1.54, 1.807) is 0 Å². The lowest BCUT2D eigenvalue weighted by molar-refractivity contribution is 0.418.